The third kappa shape index (κ3) is 3.68. The van der Waals surface area contributed by atoms with E-state index < -0.39 is 0 Å². The first-order valence-electron chi connectivity index (χ1n) is 7.06. The van der Waals surface area contributed by atoms with Crippen LogP contribution in [0.25, 0.3) is 0 Å². The van der Waals surface area contributed by atoms with Gasteiger partial charge < -0.3 is 4.74 Å². The highest BCUT2D eigenvalue weighted by Gasteiger charge is 2.40. The van der Waals surface area contributed by atoms with Gasteiger partial charge in [-0.25, -0.2) is 0 Å². The van der Waals surface area contributed by atoms with Gasteiger partial charge in [-0.3, -0.25) is 5.32 Å². The molecule has 0 aromatic heterocycles. The smallest absolute Gasteiger partial charge is 0.119 e. The molecule has 1 aliphatic rings. The molecule has 2 rings (SSSR count). The van der Waals surface area contributed by atoms with E-state index in [0.29, 0.717) is 11.3 Å². The van der Waals surface area contributed by atoms with Gasteiger partial charge in [-0.1, -0.05) is 6.07 Å². The largest absolute Gasteiger partial charge is 0.497 e. The molecule has 1 N–H and O–H groups in total. The predicted molar refractivity (Wildman–Crippen MR) is 83.1 cm³/mol. The van der Waals surface area contributed by atoms with E-state index in [1.54, 1.807) is 7.11 Å². The number of hydrogen-bond acceptors (Lipinski definition) is 4. The molecule has 0 amide bonds. The number of benzene rings is 1. The van der Waals surface area contributed by atoms with Gasteiger partial charge in [-0.15, -0.1) is 11.8 Å². The Balaban J connectivity index is 2.00. The van der Waals surface area contributed by atoms with Crippen molar-refractivity contribution in [3.05, 3.63) is 24.3 Å². The summed E-state index contributed by atoms with van der Waals surface area (Å²) in [4.78, 5) is 1.22. The number of nitriles is 1. The van der Waals surface area contributed by atoms with Gasteiger partial charge in [0, 0.05) is 16.2 Å². The normalized spacial score (nSPS) is 25.6. The van der Waals surface area contributed by atoms with E-state index in [4.69, 9.17) is 4.74 Å². The van der Waals surface area contributed by atoms with Crippen LogP contribution in [0.15, 0.2) is 29.2 Å². The number of hydrogen-bond donors (Lipinski definition) is 1. The zero-order valence-electron chi connectivity index (χ0n) is 12.3. The van der Waals surface area contributed by atoms with Crippen LogP contribution in [-0.2, 0) is 0 Å². The lowest BCUT2D eigenvalue weighted by molar-refractivity contribution is 0.386. The molecule has 1 aromatic carbocycles. The molecule has 1 saturated carbocycles. The molecule has 0 radical (unpaired) electrons. The fourth-order valence-corrected chi connectivity index (χ4v) is 4.11. The maximum absolute atomic E-state index is 9.49. The second kappa shape index (κ2) is 6.51. The molecule has 108 valence electrons. The lowest BCUT2D eigenvalue weighted by Crippen LogP contribution is -2.45. The minimum absolute atomic E-state index is 0.343. The van der Waals surface area contributed by atoms with Crippen LogP contribution < -0.4 is 10.1 Å². The van der Waals surface area contributed by atoms with Crippen LogP contribution in [0.4, 0.5) is 0 Å². The Kier molecular flexibility index (Phi) is 4.95. The van der Waals surface area contributed by atoms with Crippen molar-refractivity contribution in [3.8, 4) is 11.8 Å². The molecule has 1 fully saturated rings. The van der Waals surface area contributed by atoms with Crippen LogP contribution in [0.2, 0.25) is 0 Å². The van der Waals surface area contributed by atoms with Gasteiger partial charge in [-0.05, 0) is 51.3 Å². The minimum atomic E-state index is -0.343. The summed E-state index contributed by atoms with van der Waals surface area (Å²) in [7, 11) is 1.69. The van der Waals surface area contributed by atoms with E-state index >= 15 is 0 Å². The molecule has 2 unspecified atom stereocenters. The predicted octanol–water partition coefficient (Wildman–Crippen LogP) is 3.60. The number of methoxy groups -OCH3 is 1. The summed E-state index contributed by atoms with van der Waals surface area (Å²) in [6, 6.07) is 11.0. The molecule has 1 aliphatic carbocycles. The highest BCUT2D eigenvalue weighted by molar-refractivity contribution is 8.00. The van der Waals surface area contributed by atoms with Crippen LogP contribution in [0, 0.1) is 11.3 Å². The average Bonchev–Trinajstić information content (AvgIpc) is 2.82. The van der Waals surface area contributed by atoms with Crippen molar-refractivity contribution >= 4 is 11.8 Å². The third-order valence-corrected chi connectivity index (χ3v) is 4.85. The molecular weight excluding hydrogens is 268 g/mol. The molecule has 0 saturated heterocycles. The second-order valence-electron chi connectivity index (χ2n) is 5.65. The molecule has 0 aliphatic heterocycles. The van der Waals surface area contributed by atoms with Crippen molar-refractivity contribution in [3.63, 3.8) is 0 Å². The molecule has 4 heteroatoms. The quantitative estimate of drug-likeness (QED) is 0.900. The maximum atomic E-state index is 9.49. The number of nitrogens with one attached hydrogen (secondary N) is 1. The fraction of sp³-hybridized carbons (Fsp3) is 0.562. The van der Waals surface area contributed by atoms with E-state index in [9.17, 15) is 5.26 Å². The minimum Gasteiger partial charge on any atom is -0.497 e. The topological polar surface area (TPSA) is 45.0 Å². The van der Waals surface area contributed by atoms with Crippen molar-refractivity contribution in [2.24, 2.45) is 0 Å². The van der Waals surface area contributed by atoms with Crippen molar-refractivity contribution in [2.45, 2.75) is 54.8 Å². The van der Waals surface area contributed by atoms with Gasteiger partial charge in [0.25, 0.3) is 0 Å². The first-order valence-corrected chi connectivity index (χ1v) is 7.94. The SMILES string of the molecule is COc1cccc(SC2CCC(C#N)(NC(C)C)C2)c1. The van der Waals surface area contributed by atoms with Gasteiger partial charge in [0.2, 0.25) is 0 Å². The van der Waals surface area contributed by atoms with E-state index in [-0.39, 0.29) is 5.54 Å². The first kappa shape index (κ1) is 15.2. The Morgan fingerprint density at radius 1 is 1.50 bits per heavy atom. The van der Waals surface area contributed by atoms with Crippen LogP contribution in [0.1, 0.15) is 33.1 Å². The van der Waals surface area contributed by atoms with Crippen molar-refractivity contribution < 1.29 is 4.74 Å². The van der Waals surface area contributed by atoms with Gasteiger partial charge in [-0.2, -0.15) is 5.26 Å². The van der Waals surface area contributed by atoms with Crippen LogP contribution >= 0.6 is 11.8 Å². The molecular formula is C16H22N2OS. The lowest BCUT2D eigenvalue weighted by atomic mass is 9.99. The van der Waals surface area contributed by atoms with E-state index in [0.717, 1.165) is 25.0 Å². The van der Waals surface area contributed by atoms with E-state index in [1.807, 2.05) is 23.9 Å². The van der Waals surface area contributed by atoms with Crippen molar-refractivity contribution in [1.29, 1.82) is 5.26 Å². The summed E-state index contributed by atoms with van der Waals surface area (Å²) in [5, 5.41) is 13.4. The zero-order valence-corrected chi connectivity index (χ0v) is 13.2. The summed E-state index contributed by atoms with van der Waals surface area (Å²) in [6.45, 7) is 4.20. The second-order valence-corrected chi connectivity index (χ2v) is 7.03. The highest BCUT2D eigenvalue weighted by Crippen LogP contribution is 2.40. The zero-order chi connectivity index (χ0) is 14.6. The summed E-state index contributed by atoms with van der Waals surface area (Å²) in [6.07, 6.45) is 2.92. The first-order chi connectivity index (χ1) is 9.57. The Bertz CT molecular complexity index is 497. The summed E-state index contributed by atoms with van der Waals surface area (Å²) >= 11 is 1.85. The van der Waals surface area contributed by atoms with Crippen LogP contribution in [-0.4, -0.2) is 23.9 Å². The number of thioether (sulfide) groups is 1. The van der Waals surface area contributed by atoms with Crippen molar-refractivity contribution in [2.75, 3.05) is 7.11 Å². The molecule has 0 heterocycles. The molecule has 1 aromatic rings. The molecule has 0 spiro atoms. The molecule has 3 nitrogen and oxygen atoms in total. The number of ether oxygens (including phenoxy) is 1. The number of rotatable bonds is 5. The average molecular weight is 290 g/mol. The Morgan fingerprint density at radius 2 is 2.30 bits per heavy atom. The Labute approximate surface area is 125 Å². The number of nitrogens with zero attached hydrogens (tertiary/aromatic N) is 1. The summed E-state index contributed by atoms with van der Waals surface area (Å²) < 4.78 is 5.26. The summed E-state index contributed by atoms with van der Waals surface area (Å²) in [5.41, 5.74) is -0.343. The van der Waals surface area contributed by atoms with Crippen molar-refractivity contribution in [1.82, 2.24) is 5.32 Å². The van der Waals surface area contributed by atoms with Gasteiger partial charge in [0.05, 0.1) is 13.2 Å². The fourth-order valence-electron chi connectivity index (χ4n) is 2.79. The molecule has 2 atom stereocenters. The Morgan fingerprint density at radius 3 is 2.95 bits per heavy atom. The third-order valence-electron chi connectivity index (χ3n) is 3.59. The van der Waals surface area contributed by atoms with Gasteiger partial charge in [0.1, 0.15) is 11.3 Å². The Hall–Kier alpha value is -1.18. The van der Waals surface area contributed by atoms with Crippen LogP contribution in [0.3, 0.4) is 0 Å². The van der Waals surface area contributed by atoms with Crippen LogP contribution in [0.5, 0.6) is 5.75 Å². The van der Waals surface area contributed by atoms with Gasteiger partial charge >= 0.3 is 0 Å². The van der Waals surface area contributed by atoms with E-state index in [2.05, 4.69) is 37.4 Å². The monoisotopic (exact) mass is 290 g/mol. The lowest BCUT2D eigenvalue weighted by Gasteiger charge is -2.25. The highest BCUT2D eigenvalue weighted by atomic mass is 32.2. The summed E-state index contributed by atoms with van der Waals surface area (Å²) in [5.74, 6) is 0.889. The van der Waals surface area contributed by atoms with Gasteiger partial charge in [0.15, 0.2) is 0 Å². The maximum Gasteiger partial charge on any atom is 0.119 e. The van der Waals surface area contributed by atoms with E-state index in [1.165, 1.54) is 4.90 Å². The standard InChI is InChI=1S/C16H22N2OS/c1-12(2)18-16(11-17)8-7-15(10-16)20-14-6-4-5-13(9-14)19-3/h4-6,9,12,15,18H,7-8,10H2,1-3H3. The molecule has 0 bridgehead atoms. The molecule has 20 heavy (non-hydrogen) atoms.